The van der Waals surface area contributed by atoms with Crippen LogP contribution in [0.3, 0.4) is 0 Å². The smallest absolute Gasteiger partial charge is 0.271 e. The summed E-state index contributed by atoms with van der Waals surface area (Å²) in [6.07, 6.45) is 0. The summed E-state index contributed by atoms with van der Waals surface area (Å²) in [4.78, 5) is 14.2. The van der Waals surface area contributed by atoms with Crippen LogP contribution in [-0.4, -0.2) is 36.8 Å². The average Bonchev–Trinajstić information content (AvgIpc) is 3.30. The number of rotatable bonds is 4. The Hall–Kier alpha value is -3.13. The molecule has 1 amide bonds. The second-order valence-electron chi connectivity index (χ2n) is 5.90. The molecule has 130 valence electrons. The van der Waals surface area contributed by atoms with Crippen LogP contribution >= 0.6 is 11.7 Å². The third-order valence-corrected chi connectivity index (χ3v) is 4.60. The zero-order chi connectivity index (χ0) is 18.1. The second-order valence-corrected chi connectivity index (χ2v) is 6.42. The Morgan fingerprint density at radius 3 is 2.81 bits per heavy atom. The van der Waals surface area contributed by atoms with Crippen LogP contribution < -0.4 is 0 Å². The van der Waals surface area contributed by atoms with Crippen LogP contribution in [0.4, 0.5) is 4.39 Å². The molecule has 2 aromatic carbocycles. The van der Waals surface area contributed by atoms with E-state index in [2.05, 4.69) is 18.9 Å². The molecule has 8 heteroatoms. The van der Waals surface area contributed by atoms with Gasteiger partial charge >= 0.3 is 0 Å². The number of carbonyl (C=O) groups excluding carboxylic acids is 1. The van der Waals surface area contributed by atoms with Gasteiger partial charge in [0, 0.05) is 19.2 Å². The van der Waals surface area contributed by atoms with E-state index in [4.69, 9.17) is 0 Å². The summed E-state index contributed by atoms with van der Waals surface area (Å²) in [5, 5.41) is 6.76. The van der Waals surface area contributed by atoms with Gasteiger partial charge in [-0.15, -0.1) is 0 Å². The molecule has 0 spiro atoms. The van der Waals surface area contributed by atoms with Crippen LogP contribution in [0, 0.1) is 5.82 Å². The number of hydrogen-bond donors (Lipinski definition) is 1. The fourth-order valence-electron chi connectivity index (χ4n) is 2.72. The van der Waals surface area contributed by atoms with Gasteiger partial charge < -0.3 is 4.90 Å². The van der Waals surface area contributed by atoms with E-state index >= 15 is 0 Å². The van der Waals surface area contributed by atoms with Crippen molar-refractivity contribution in [3.8, 4) is 11.3 Å². The molecule has 0 saturated carbocycles. The Labute approximate surface area is 152 Å². The summed E-state index contributed by atoms with van der Waals surface area (Å²) in [6.45, 7) is 0.417. The van der Waals surface area contributed by atoms with Gasteiger partial charge in [0.05, 0.1) is 17.4 Å². The first-order valence-electron chi connectivity index (χ1n) is 7.89. The number of halogens is 1. The molecule has 0 radical (unpaired) electrons. The van der Waals surface area contributed by atoms with Crippen molar-refractivity contribution in [2.75, 3.05) is 7.05 Å². The van der Waals surface area contributed by atoms with Gasteiger partial charge in [0.25, 0.3) is 5.91 Å². The number of nitrogens with zero attached hydrogens (tertiary/aromatic N) is 4. The van der Waals surface area contributed by atoms with E-state index in [1.807, 2.05) is 18.2 Å². The van der Waals surface area contributed by atoms with Crippen LogP contribution in [0.25, 0.3) is 22.3 Å². The first-order valence-corrected chi connectivity index (χ1v) is 8.62. The van der Waals surface area contributed by atoms with Gasteiger partial charge in [-0.1, -0.05) is 18.2 Å². The Morgan fingerprint density at radius 2 is 1.96 bits per heavy atom. The SMILES string of the molecule is CN(Cc1ccc2nsnc2c1)C(=O)c1cc(-c2ccccc2F)n[nH]1. The molecule has 0 fully saturated rings. The van der Waals surface area contributed by atoms with Gasteiger partial charge in [0.2, 0.25) is 0 Å². The highest BCUT2D eigenvalue weighted by Gasteiger charge is 2.17. The van der Waals surface area contributed by atoms with Crippen LogP contribution in [0.15, 0.2) is 48.5 Å². The summed E-state index contributed by atoms with van der Waals surface area (Å²) in [6, 6.07) is 13.6. The number of aromatic amines is 1. The highest BCUT2D eigenvalue weighted by atomic mass is 32.1. The largest absolute Gasteiger partial charge is 0.336 e. The molecule has 0 aliphatic heterocycles. The lowest BCUT2D eigenvalue weighted by Crippen LogP contribution is -2.26. The summed E-state index contributed by atoms with van der Waals surface area (Å²) in [7, 11) is 1.70. The minimum absolute atomic E-state index is 0.225. The quantitative estimate of drug-likeness (QED) is 0.599. The number of amides is 1. The van der Waals surface area contributed by atoms with Crippen molar-refractivity contribution in [2.24, 2.45) is 0 Å². The third kappa shape index (κ3) is 3.06. The Morgan fingerprint density at radius 1 is 1.15 bits per heavy atom. The first-order chi connectivity index (χ1) is 12.6. The molecule has 4 rings (SSSR count). The van der Waals surface area contributed by atoms with Crippen molar-refractivity contribution in [1.82, 2.24) is 23.8 Å². The third-order valence-electron chi connectivity index (χ3n) is 4.04. The van der Waals surface area contributed by atoms with Gasteiger partial charge in [0.1, 0.15) is 22.5 Å². The molecule has 0 unspecified atom stereocenters. The minimum atomic E-state index is -0.378. The van der Waals surface area contributed by atoms with Crippen molar-refractivity contribution < 1.29 is 9.18 Å². The molecule has 0 atom stereocenters. The lowest BCUT2D eigenvalue weighted by molar-refractivity contribution is 0.0779. The van der Waals surface area contributed by atoms with Crippen LogP contribution in [0.5, 0.6) is 0 Å². The molecule has 4 aromatic rings. The molecule has 0 aliphatic rings. The van der Waals surface area contributed by atoms with Gasteiger partial charge in [0.15, 0.2) is 0 Å². The number of benzene rings is 2. The van der Waals surface area contributed by atoms with E-state index in [-0.39, 0.29) is 11.7 Å². The van der Waals surface area contributed by atoms with E-state index in [0.29, 0.717) is 23.5 Å². The molecular weight excluding hydrogens is 353 g/mol. The van der Waals surface area contributed by atoms with E-state index < -0.39 is 0 Å². The van der Waals surface area contributed by atoms with Crippen LogP contribution in [-0.2, 0) is 6.54 Å². The fourth-order valence-corrected chi connectivity index (χ4v) is 3.23. The maximum absolute atomic E-state index is 13.9. The fraction of sp³-hybridized carbons (Fsp3) is 0.111. The van der Waals surface area contributed by atoms with Crippen molar-refractivity contribution >= 4 is 28.7 Å². The van der Waals surface area contributed by atoms with E-state index in [0.717, 1.165) is 28.3 Å². The summed E-state index contributed by atoms with van der Waals surface area (Å²) >= 11 is 1.16. The number of nitrogens with one attached hydrogen (secondary N) is 1. The number of fused-ring (bicyclic) bond motifs is 1. The second kappa shape index (κ2) is 6.64. The normalized spacial score (nSPS) is 11.0. The number of carbonyl (C=O) groups is 1. The molecule has 26 heavy (non-hydrogen) atoms. The van der Waals surface area contributed by atoms with Gasteiger partial charge in [-0.05, 0) is 35.9 Å². The molecule has 0 bridgehead atoms. The molecule has 2 heterocycles. The molecular formula is C18H14FN5OS. The van der Waals surface area contributed by atoms with Crippen LogP contribution in [0.1, 0.15) is 16.1 Å². The van der Waals surface area contributed by atoms with Gasteiger partial charge in [-0.25, -0.2) is 4.39 Å². The Balaban J connectivity index is 1.52. The predicted octanol–water partition coefficient (Wildman–Crippen LogP) is 3.49. The Kier molecular flexibility index (Phi) is 4.18. The van der Waals surface area contributed by atoms with Crippen molar-refractivity contribution in [2.45, 2.75) is 6.54 Å². The summed E-state index contributed by atoms with van der Waals surface area (Å²) < 4.78 is 22.3. The maximum Gasteiger partial charge on any atom is 0.271 e. The highest BCUT2D eigenvalue weighted by Crippen LogP contribution is 2.22. The van der Waals surface area contributed by atoms with Crippen molar-refractivity contribution in [1.29, 1.82) is 0 Å². The zero-order valence-electron chi connectivity index (χ0n) is 13.8. The van der Waals surface area contributed by atoms with E-state index in [1.54, 1.807) is 36.2 Å². The average molecular weight is 367 g/mol. The standard InChI is InChI=1S/C18H14FN5OS/c1-24(10-11-6-7-14-16(8-11)23-26-22-14)18(25)17-9-15(20-21-17)12-4-2-3-5-13(12)19/h2-9H,10H2,1H3,(H,20,21). The topological polar surface area (TPSA) is 74.8 Å². The number of H-pyrrole nitrogens is 1. The molecule has 1 N–H and O–H groups in total. The number of aromatic nitrogens is 4. The highest BCUT2D eigenvalue weighted by molar-refractivity contribution is 7.00. The monoisotopic (exact) mass is 367 g/mol. The van der Waals surface area contributed by atoms with Crippen molar-refractivity contribution in [3.05, 3.63) is 65.6 Å². The maximum atomic E-state index is 13.9. The summed E-state index contributed by atoms with van der Waals surface area (Å²) in [5.74, 6) is -0.604. The molecule has 6 nitrogen and oxygen atoms in total. The van der Waals surface area contributed by atoms with E-state index in [9.17, 15) is 9.18 Å². The number of hydrogen-bond acceptors (Lipinski definition) is 5. The van der Waals surface area contributed by atoms with Crippen LogP contribution in [0.2, 0.25) is 0 Å². The molecule has 2 aromatic heterocycles. The van der Waals surface area contributed by atoms with Crippen molar-refractivity contribution in [3.63, 3.8) is 0 Å². The zero-order valence-corrected chi connectivity index (χ0v) is 14.6. The lowest BCUT2D eigenvalue weighted by atomic mass is 10.1. The van der Waals surface area contributed by atoms with Gasteiger partial charge in [-0.2, -0.15) is 13.8 Å². The predicted molar refractivity (Wildman–Crippen MR) is 97.2 cm³/mol. The first kappa shape index (κ1) is 16.3. The molecule has 0 aliphatic carbocycles. The lowest BCUT2D eigenvalue weighted by Gasteiger charge is -2.16. The minimum Gasteiger partial charge on any atom is -0.336 e. The molecule has 0 saturated heterocycles. The summed E-state index contributed by atoms with van der Waals surface area (Å²) in [5.41, 5.74) is 3.67. The van der Waals surface area contributed by atoms with Gasteiger partial charge in [-0.3, -0.25) is 9.89 Å². The Bertz CT molecular complexity index is 1090. The van der Waals surface area contributed by atoms with E-state index in [1.165, 1.54) is 6.07 Å².